The van der Waals surface area contributed by atoms with Crippen LogP contribution in [0.5, 0.6) is 0 Å². The summed E-state index contributed by atoms with van der Waals surface area (Å²) in [5, 5.41) is 6.37. The molecule has 0 unspecified atom stereocenters. The van der Waals surface area contributed by atoms with E-state index in [9.17, 15) is 9.59 Å². The number of amides is 2. The van der Waals surface area contributed by atoms with Gasteiger partial charge in [0.05, 0.1) is 5.75 Å². The lowest BCUT2D eigenvalue weighted by Crippen LogP contribution is -2.24. The number of hydrogen-bond acceptors (Lipinski definition) is 3. The first-order valence-corrected chi connectivity index (χ1v) is 10.1. The molecule has 0 saturated carbocycles. The molecule has 0 saturated heterocycles. The molecule has 0 bridgehead atoms. The summed E-state index contributed by atoms with van der Waals surface area (Å²) in [7, 11) is 0. The molecular weight excluding hydrogens is 368 g/mol. The van der Waals surface area contributed by atoms with Gasteiger partial charge in [-0.15, -0.1) is 11.8 Å². The highest BCUT2D eigenvalue weighted by molar-refractivity contribution is 7.99. The molecular formula is C20H23ClN2O2S. The van der Waals surface area contributed by atoms with Gasteiger partial charge in [-0.25, -0.2) is 0 Å². The van der Waals surface area contributed by atoms with Crippen LogP contribution in [0.3, 0.4) is 0 Å². The minimum absolute atomic E-state index is 0.0417. The number of benzene rings is 2. The van der Waals surface area contributed by atoms with E-state index >= 15 is 0 Å². The highest BCUT2D eigenvalue weighted by Crippen LogP contribution is 2.16. The van der Waals surface area contributed by atoms with Gasteiger partial charge >= 0.3 is 0 Å². The number of thioether (sulfide) groups is 1. The SMILES string of the molecule is CCCCNC(=O)c1ccc(CSCC(=O)Nc2ccc(Cl)cc2)cc1. The molecule has 26 heavy (non-hydrogen) atoms. The quantitative estimate of drug-likeness (QED) is 0.608. The van der Waals surface area contributed by atoms with E-state index in [1.807, 2.05) is 24.3 Å². The maximum atomic E-state index is 12.0. The second kappa shape index (κ2) is 10.9. The van der Waals surface area contributed by atoms with Crippen molar-refractivity contribution in [1.82, 2.24) is 5.32 Å². The summed E-state index contributed by atoms with van der Waals surface area (Å²) in [4.78, 5) is 23.9. The molecule has 6 heteroatoms. The molecule has 0 radical (unpaired) electrons. The Morgan fingerprint density at radius 2 is 1.73 bits per heavy atom. The fourth-order valence-corrected chi connectivity index (χ4v) is 3.14. The number of rotatable bonds is 9. The smallest absolute Gasteiger partial charge is 0.251 e. The zero-order chi connectivity index (χ0) is 18.8. The maximum absolute atomic E-state index is 12.0. The summed E-state index contributed by atoms with van der Waals surface area (Å²) in [5.74, 6) is 0.984. The van der Waals surface area contributed by atoms with Crippen LogP contribution in [0.2, 0.25) is 5.02 Å². The second-order valence-corrected chi connectivity index (χ2v) is 7.28. The average Bonchev–Trinajstić information content (AvgIpc) is 2.64. The van der Waals surface area contributed by atoms with Gasteiger partial charge in [-0.05, 0) is 48.4 Å². The van der Waals surface area contributed by atoms with Crippen LogP contribution in [0.1, 0.15) is 35.7 Å². The van der Waals surface area contributed by atoms with Crippen LogP contribution in [0.25, 0.3) is 0 Å². The third-order valence-corrected chi connectivity index (χ3v) is 4.92. The third kappa shape index (κ3) is 7.10. The topological polar surface area (TPSA) is 58.2 Å². The lowest BCUT2D eigenvalue weighted by atomic mass is 10.1. The van der Waals surface area contributed by atoms with Crippen LogP contribution in [-0.2, 0) is 10.5 Å². The van der Waals surface area contributed by atoms with Crippen LogP contribution in [-0.4, -0.2) is 24.1 Å². The van der Waals surface area contributed by atoms with Crippen molar-refractivity contribution in [2.45, 2.75) is 25.5 Å². The minimum Gasteiger partial charge on any atom is -0.352 e. The average molecular weight is 391 g/mol. The first kappa shape index (κ1) is 20.3. The molecule has 0 aliphatic heterocycles. The maximum Gasteiger partial charge on any atom is 0.251 e. The van der Waals surface area contributed by atoms with E-state index in [-0.39, 0.29) is 11.8 Å². The van der Waals surface area contributed by atoms with Crippen LogP contribution in [0, 0.1) is 0 Å². The van der Waals surface area contributed by atoms with Crippen LogP contribution < -0.4 is 10.6 Å². The van der Waals surface area contributed by atoms with E-state index in [4.69, 9.17) is 11.6 Å². The van der Waals surface area contributed by atoms with Gasteiger partial charge in [-0.3, -0.25) is 9.59 Å². The van der Waals surface area contributed by atoms with Crippen molar-refractivity contribution in [1.29, 1.82) is 0 Å². The Hall–Kier alpha value is -1.98. The molecule has 0 aliphatic rings. The predicted octanol–water partition coefficient (Wildman–Crippen LogP) is 4.74. The fourth-order valence-electron chi connectivity index (χ4n) is 2.22. The lowest BCUT2D eigenvalue weighted by Gasteiger charge is -2.07. The van der Waals surface area contributed by atoms with Gasteiger partial charge in [0.2, 0.25) is 5.91 Å². The van der Waals surface area contributed by atoms with Crippen LogP contribution >= 0.6 is 23.4 Å². The van der Waals surface area contributed by atoms with Gasteiger partial charge in [0, 0.05) is 28.6 Å². The third-order valence-electron chi connectivity index (χ3n) is 3.66. The largest absolute Gasteiger partial charge is 0.352 e. The van der Waals surface area contributed by atoms with Crippen molar-refractivity contribution in [3.63, 3.8) is 0 Å². The molecule has 2 aromatic rings. The van der Waals surface area contributed by atoms with Crippen molar-refractivity contribution in [3.05, 3.63) is 64.7 Å². The standard InChI is InChI=1S/C20H23ClN2O2S/c1-2-3-12-22-20(25)16-6-4-15(5-7-16)13-26-14-19(24)23-18-10-8-17(21)9-11-18/h4-11H,2-3,12-14H2,1H3,(H,22,25)(H,23,24). The summed E-state index contributed by atoms with van der Waals surface area (Å²) in [6.07, 6.45) is 2.04. The van der Waals surface area contributed by atoms with Gasteiger partial charge in [-0.2, -0.15) is 0 Å². The molecule has 2 aromatic carbocycles. The van der Waals surface area contributed by atoms with Crippen LogP contribution in [0.15, 0.2) is 48.5 Å². The first-order chi connectivity index (χ1) is 12.6. The summed E-state index contributed by atoms with van der Waals surface area (Å²) < 4.78 is 0. The Balaban J connectivity index is 1.72. The number of halogens is 1. The van der Waals surface area contributed by atoms with Gasteiger partial charge in [-0.1, -0.05) is 37.1 Å². The van der Waals surface area contributed by atoms with E-state index in [2.05, 4.69) is 17.6 Å². The highest BCUT2D eigenvalue weighted by atomic mass is 35.5. The van der Waals surface area contributed by atoms with E-state index in [1.54, 1.807) is 24.3 Å². The predicted molar refractivity (Wildman–Crippen MR) is 110 cm³/mol. The molecule has 2 amide bonds. The molecule has 0 atom stereocenters. The van der Waals surface area contributed by atoms with E-state index < -0.39 is 0 Å². The Morgan fingerprint density at radius 1 is 1.04 bits per heavy atom. The molecule has 0 aromatic heterocycles. The second-order valence-electron chi connectivity index (χ2n) is 5.85. The van der Waals surface area contributed by atoms with Gasteiger partial charge in [0.15, 0.2) is 0 Å². The number of carbonyl (C=O) groups excluding carboxylic acids is 2. The van der Waals surface area contributed by atoms with Crippen molar-refractivity contribution >= 4 is 40.9 Å². The fraction of sp³-hybridized carbons (Fsp3) is 0.300. The monoisotopic (exact) mass is 390 g/mol. The summed E-state index contributed by atoms with van der Waals surface area (Å²) in [5.41, 5.74) is 2.48. The first-order valence-electron chi connectivity index (χ1n) is 8.59. The van der Waals surface area contributed by atoms with E-state index in [0.29, 0.717) is 28.6 Å². The molecule has 4 nitrogen and oxygen atoms in total. The summed E-state index contributed by atoms with van der Waals surface area (Å²) in [6, 6.07) is 14.5. The van der Waals surface area contributed by atoms with Crippen LogP contribution in [0.4, 0.5) is 5.69 Å². The Morgan fingerprint density at radius 3 is 2.38 bits per heavy atom. The zero-order valence-electron chi connectivity index (χ0n) is 14.8. The number of carbonyl (C=O) groups is 2. The lowest BCUT2D eigenvalue weighted by molar-refractivity contribution is -0.113. The molecule has 0 spiro atoms. The summed E-state index contributed by atoms with van der Waals surface area (Å²) >= 11 is 7.35. The van der Waals surface area contributed by atoms with Gasteiger partial charge in [0.1, 0.15) is 0 Å². The highest BCUT2D eigenvalue weighted by Gasteiger charge is 2.06. The zero-order valence-corrected chi connectivity index (χ0v) is 16.3. The van der Waals surface area contributed by atoms with Gasteiger partial charge in [0.25, 0.3) is 5.91 Å². The number of unbranched alkanes of at least 4 members (excludes halogenated alkanes) is 1. The molecule has 0 heterocycles. The Kier molecular flexibility index (Phi) is 8.51. The molecule has 0 fully saturated rings. The van der Waals surface area contributed by atoms with Crippen molar-refractivity contribution in [3.8, 4) is 0 Å². The van der Waals surface area contributed by atoms with Crippen molar-refractivity contribution in [2.75, 3.05) is 17.6 Å². The molecule has 0 aliphatic carbocycles. The van der Waals surface area contributed by atoms with Crippen molar-refractivity contribution < 1.29 is 9.59 Å². The normalized spacial score (nSPS) is 10.4. The number of hydrogen-bond donors (Lipinski definition) is 2. The van der Waals surface area contributed by atoms with E-state index in [1.165, 1.54) is 11.8 Å². The molecule has 138 valence electrons. The summed E-state index contributed by atoms with van der Waals surface area (Å²) in [6.45, 7) is 2.80. The van der Waals surface area contributed by atoms with Gasteiger partial charge < -0.3 is 10.6 Å². The Bertz CT molecular complexity index is 718. The number of anilines is 1. The minimum atomic E-state index is -0.0516. The van der Waals surface area contributed by atoms with Crippen molar-refractivity contribution in [2.24, 2.45) is 0 Å². The number of nitrogens with one attached hydrogen (secondary N) is 2. The Labute approximate surface area is 163 Å². The molecule has 2 rings (SSSR count). The van der Waals surface area contributed by atoms with E-state index in [0.717, 1.165) is 24.1 Å². The molecule has 2 N–H and O–H groups in total.